The Morgan fingerprint density at radius 3 is 2.53 bits per heavy atom. The maximum absolute atomic E-state index is 11.5. The van der Waals surface area contributed by atoms with E-state index in [0.29, 0.717) is 34.6 Å². The molecule has 0 aromatic heterocycles. The summed E-state index contributed by atoms with van der Waals surface area (Å²) < 4.78 is 5.07. The lowest BCUT2D eigenvalue weighted by atomic mass is 10.2. The number of carbonyl (C=O) groups is 1. The largest absolute Gasteiger partial charge is 0.399 e. The molecule has 4 nitrogen and oxygen atoms in total. The van der Waals surface area contributed by atoms with Gasteiger partial charge in [-0.2, -0.15) is 0 Å². The molecular weight excluding hydrogens is 263 g/mol. The zero-order chi connectivity index (χ0) is 12.8. The number of halogens is 2. The summed E-state index contributed by atoms with van der Waals surface area (Å²) >= 11 is 11.9. The first-order valence-electron chi connectivity index (χ1n) is 5.16. The van der Waals surface area contributed by atoms with Gasteiger partial charge in [-0.05, 0) is 19.1 Å². The van der Waals surface area contributed by atoms with Crippen molar-refractivity contribution in [1.29, 1.82) is 0 Å². The molecule has 0 bridgehead atoms. The lowest BCUT2D eigenvalue weighted by Crippen LogP contribution is -2.14. The molecule has 0 unspecified atom stereocenters. The van der Waals surface area contributed by atoms with Crippen LogP contribution in [0.3, 0.4) is 0 Å². The van der Waals surface area contributed by atoms with Gasteiger partial charge in [-0.1, -0.05) is 23.2 Å². The van der Waals surface area contributed by atoms with Gasteiger partial charge in [0.1, 0.15) is 0 Å². The molecule has 1 rings (SSSR count). The van der Waals surface area contributed by atoms with E-state index in [2.05, 4.69) is 5.32 Å². The molecule has 3 N–H and O–H groups in total. The molecule has 1 amide bonds. The van der Waals surface area contributed by atoms with E-state index in [1.165, 1.54) is 12.1 Å². The molecule has 6 heteroatoms. The fourth-order valence-corrected chi connectivity index (χ4v) is 1.82. The Morgan fingerprint density at radius 2 is 2.00 bits per heavy atom. The molecule has 17 heavy (non-hydrogen) atoms. The second kappa shape index (κ2) is 6.69. The Hall–Kier alpha value is -0.970. The zero-order valence-electron chi connectivity index (χ0n) is 9.43. The van der Waals surface area contributed by atoms with Gasteiger partial charge in [-0.25, -0.2) is 0 Å². The molecule has 0 radical (unpaired) electrons. The Kier molecular flexibility index (Phi) is 5.55. The van der Waals surface area contributed by atoms with Gasteiger partial charge in [0.2, 0.25) is 5.91 Å². The molecule has 0 atom stereocenters. The third kappa shape index (κ3) is 4.42. The van der Waals surface area contributed by atoms with Crippen molar-refractivity contribution in [2.45, 2.75) is 13.3 Å². The molecule has 0 saturated heterocycles. The number of hydrogen-bond acceptors (Lipinski definition) is 3. The molecule has 0 fully saturated rings. The fourth-order valence-electron chi connectivity index (χ4n) is 1.22. The quantitative estimate of drug-likeness (QED) is 0.642. The smallest absolute Gasteiger partial charge is 0.226 e. The number of benzene rings is 1. The minimum atomic E-state index is -0.202. The minimum absolute atomic E-state index is 0.202. The van der Waals surface area contributed by atoms with E-state index < -0.39 is 0 Å². The number of hydrogen-bond donors (Lipinski definition) is 2. The summed E-state index contributed by atoms with van der Waals surface area (Å²) in [4.78, 5) is 11.5. The van der Waals surface area contributed by atoms with Crippen LogP contribution in [0.1, 0.15) is 13.3 Å². The van der Waals surface area contributed by atoms with Gasteiger partial charge < -0.3 is 15.8 Å². The first kappa shape index (κ1) is 14.1. The van der Waals surface area contributed by atoms with Crippen LogP contribution in [0.25, 0.3) is 0 Å². The van der Waals surface area contributed by atoms with Crippen molar-refractivity contribution in [1.82, 2.24) is 0 Å². The Bertz CT molecular complexity index is 387. The highest BCUT2D eigenvalue weighted by Crippen LogP contribution is 2.32. The average Bonchev–Trinajstić information content (AvgIpc) is 2.24. The number of rotatable bonds is 5. The van der Waals surface area contributed by atoms with Crippen molar-refractivity contribution < 1.29 is 9.53 Å². The molecule has 0 aliphatic heterocycles. The first-order valence-corrected chi connectivity index (χ1v) is 5.92. The molecule has 1 aromatic carbocycles. The van der Waals surface area contributed by atoms with E-state index in [4.69, 9.17) is 33.7 Å². The van der Waals surface area contributed by atoms with Crippen molar-refractivity contribution in [2.24, 2.45) is 0 Å². The predicted octanol–water partition coefficient (Wildman–Crippen LogP) is 2.94. The number of ether oxygens (including phenoxy) is 1. The topological polar surface area (TPSA) is 64.3 Å². The van der Waals surface area contributed by atoms with Crippen LogP contribution in [0.5, 0.6) is 0 Å². The van der Waals surface area contributed by atoms with Gasteiger partial charge in [0.25, 0.3) is 0 Å². The third-order valence-corrected chi connectivity index (χ3v) is 2.60. The van der Waals surface area contributed by atoms with Gasteiger partial charge >= 0.3 is 0 Å². The second-order valence-electron chi connectivity index (χ2n) is 3.35. The van der Waals surface area contributed by atoms with Crippen molar-refractivity contribution >= 4 is 40.5 Å². The van der Waals surface area contributed by atoms with Gasteiger partial charge in [-0.3, -0.25) is 4.79 Å². The van der Waals surface area contributed by atoms with Crippen molar-refractivity contribution in [3.63, 3.8) is 0 Å². The minimum Gasteiger partial charge on any atom is -0.399 e. The van der Waals surface area contributed by atoms with E-state index in [1.807, 2.05) is 6.92 Å². The van der Waals surface area contributed by atoms with E-state index in [9.17, 15) is 4.79 Å². The Balaban J connectivity index is 2.65. The van der Waals surface area contributed by atoms with Crippen LogP contribution in [0.15, 0.2) is 12.1 Å². The fraction of sp³-hybridized carbons (Fsp3) is 0.364. The molecular formula is C11H14Cl2N2O2. The summed E-state index contributed by atoms with van der Waals surface area (Å²) in [5.41, 5.74) is 6.39. The zero-order valence-corrected chi connectivity index (χ0v) is 10.9. The standard InChI is InChI=1S/C11H14Cl2N2O2/c1-2-17-4-3-10(16)15-11-8(12)5-7(14)6-9(11)13/h5-6H,2-4,14H2,1H3,(H,15,16). The highest BCUT2D eigenvalue weighted by Gasteiger charge is 2.10. The molecule has 0 spiro atoms. The number of nitrogens with two attached hydrogens (primary N) is 1. The van der Waals surface area contributed by atoms with Crippen LogP contribution in [0.4, 0.5) is 11.4 Å². The number of nitrogens with one attached hydrogen (secondary N) is 1. The van der Waals surface area contributed by atoms with Crippen LogP contribution in [0, 0.1) is 0 Å². The number of nitrogen functional groups attached to an aromatic ring is 1. The number of amides is 1. The molecule has 0 aliphatic carbocycles. The second-order valence-corrected chi connectivity index (χ2v) is 4.17. The van der Waals surface area contributed by atoms with Crippen LogP contribution < -0.4 is 11.1 Å². The lowest BCUT2D eigenvalue weighted by molar-refractivity contribution is -0.117. The first-order chi connectivity index (χ1) is 8.04. The van der Waals surface area contributed by atoms with Crippen LogP contribution >= 0.6 is 23.2 Å². The SMILES string of the molecule is CCOCCC(=O)Nc1c(Cl)cc(N)cc1Cl. The summed E-state index contributed by atoms with van der Waals surface area (Å²) in [5, 5.41) is 3.26. The molecule has 0 saturated carbocycles. The molecule has 0 aliphatic rings. The molecule has 94 valence electrons. The lowest BCUT2D eigenvalue weighted by Gasteiger charge is -2.10. The Labute approximate surface area is 110 Å². The van der Waals surface area contributed by atoms with Gasteiger partial charge in [-0.15, -0.1) is 0 Å². The highest BCUT2D eigenvalue weighted by molar-refractivity contribution is 6.40. The van der Waals surface area contributed by atoms with Crippen molar-refractivity contribution in [3.8, 4) is 0 Å². The van der Waals surface area contributed by atoms with Gasteiger partial charge in [0, 0.05) is 12.3 Å². The van der Waals surface area contributed by atoms with Crippen molar-refractivity contribution in [2.75, 3.05) is 24.3 Å². The van der Waals surface area contributed by atoms with Crippen molar-refractivity contribution in [3.05, 3.63) is 22.2 Å². The molecule has 0 heterocycles. The van der Waals surface area contributed by atoms with Crippen LogP contribution in [-0.2, 0) is 9.53 Å². The summed E-state index contributed by atoms with van der Waals surface area (Å²) in [6.07, 6.45) is 0.255. The summed E-state index contributed by atoms with van der Waals surface area (Å²) in [6.45, 7) is 2.81. The van der Waals surface area contributed by atoms with Gasteiger partial charge in [0.15, 0.2) is 0 Å². The molecule has 1 aromatic rings. The third-order valence-electron chi connectivity index (χ3n) is 2.01. The maximum Gasteiger partial charge on any atom is 0.226 e. The summed E-state index contributed by atoms with van der Waals surface area (Å²) in [6, 6.07) is 3.07. The maximum atomic E-state index is 11.5. The van der Waals surface area contributed by atoms with E-state index >= 15 is 0 Å². The summed E-state index contributed by atoms with van der Waals surface area (Å²) in [7, 11) is 0. The summed E-state index contributed by atoms with van der Waals surface area (Å²) in [5.74, 6) is -0.202. The monoisotopic (exact) mass is 276 g/mol. The van der Waals surface area contributed by atoms with Crippen LogP contribution in [-0.4, -0.2) is 19.1 Å². The highest BCUT2D eigenvalue weighted by atomic mass is 35.5. The predicted molar refractivity (Wildman–Crippen MR) is 70.6 cm³/mol. The van der Waals surface area contributed by atoms with E-state index in [-0.39, 0.29) is 12.3 Å². The normalized spacial score (nSPS) is 10.3. The van der Waals surface area contributed by atoms with Crippen LogP contribution in [0.2, 0.25) is 10.0 Å². The Morgan fingerprint density at radius 1 is 1.41 bits per heavy atom. The number of anilines is 2. The van der Waals surface area contributed by atoms with E-state index in [1.54, 1.807) is 0 Å². The number of carbonyl (C=O) groups excluding carboxylic acids is 1. The average molecular weight is 277 g/mol. The van der Waals surface area contributed by atoms with E-state index in [0.717, 1.165) is 0 Å². The van der Waals surface area contributed by atoms with Gasteiger partial charge in [0.05, 0.1) is 28.8 Å².